The molecule has 0 radical (unpaired) electrons. The zero-order valence-corrected chi connectivity index (χ0v) is 31.7. The number of thiophene rings is 1. The maximum absolute atomic E-state index is 14.4. The zero-order valence-electron chi connectivity index (χ0n) is 30.1. The van der Waals surface area contributed by atoms with E-state index in [4.69, 9.17) is 0 Å². The number of likely N-dealkylation sites (tertiary alicyclic amines) is 1. The highest BCUT2D eigenvalue weighted by molar-refractivity contribution is 7.91. The van der Waals surface area contributed by atoms with Crippen molar-refractivity contribution in [3.8, 4) is 0 Å². The monoisotopic (exact) mass is 732 g/mol. The number of nitrogens with one attached hydrogen (secondary N) is 4. The maximum Gasteiger partial charge on any atom is 0.315 e. The van der Waals surface area contributed by atoms with Gasteiger partial charge in [0.1, 0.15) is 16.3 Å². The lowest BCUT2D eigenvalue weighted by Crippen LogP contribution is -2.62. The average molecular weight is 733 g/mol. The summed E-state index contributed by atoms with van der Waals surface area (Å²) in [5.41, 5.74) is -0.495. The Kier molecular flexibility index (Phi) is 11.7. The molecule has 2 aliphatic carbocycles. The van der Waals surface area contributed by atoms with E-state index in [1.807, 2.05) is 13.8 Å². The quantitative estimate of drug-likeness (QED) is 0.149. The predicted octanol–water partition coefficient (Wildman–Crippen LogP) is 2.67. The number of sulfonamides is 1. The molecule has 2 heterocycles. The van der Waals surface area contributed by atoms with Gasteiger partial charge in [-0.3, -0.25) is 19.2 Å². The Bertz CT molecular complexity index is 1610. The number of hydrogen-bond acceptors (Lipinski definition) is 8. The van der Waals surface area contributed by atoms with Gasteiger partial charge in [-0.2, -0.15) is 4.31 Å². The third-order valence-corrected chi connectivity index (χ3v) is 13.4. The second kappa shape index (κ2) is 15.0. The van der Waals surface area contributed by atoms with Crippen LogP contribution in [0.5, 0.6) is 0 Å². The van der Waals surface area contributed by atoms with Gasteiger partial charge in [0, 0.05) is 26.7 Å². The molecule has 3 fully saturated rings. The number of ketones is 1. The number of nitrogens with zero attached hydrogens (tertiary/aromatic N) is 2. The average Bonchev–Trinajstić information content (AvgIpc) is 3.72. The summed E-state index contributed by atoms with van der Waals surface area (Å²) in [6.45, 7) is 19.0. The second-order valence-electron chi connectivity index (χ2n) is 15.5. The van der Waals surface area contributed by atoms with E-state index >= 15 is 0 Å². The van der Waals surface area contributed by atoms with E-state index in [0.717, 1.165) is 28.5 Å². The first-order valence-corrected chi connectivity index (χ1v) is 19.3. The van der Waals surface area contributed by atoms with E-state index in [1.165, 1.54) is 24.1 Å². The zero-order chi connectivity index (χ0) is 37.3. The van der Waals surface area contributed by atoms with Gasteiger partial charge in [0.05, 0.1) is 12.1 Å². The summed E-state index contributed by atoms with van der Waals surface area (Å²) in [6.07, 6.45) is 3.62. The van der Waals surface area contributed by atoms with Crippen LogP contribution < -0.4 is 21.3 Å². The first kappa shape index (κ1) is 39.2. The van der Waals surface area contributed by atoms with Gasteiger partial charge in [-0.05, 0) is 53.4 Å². The Hall–Kier alpha value is -3.56. The fourth-order valence-electron chi connectivity index (χ4n) is 6.79. The van der Waals surface area contributed by atoms with E-state index in [1.54, 1.807) is 39.1 Å². The first-order chi connectivity index (χ1) is 23.2. The summed E-state index contributed by atoms with van der Waals surface area (Å²) in [4.78, 5) is 69.1. The van der Waals surface area contributed by atoms with Gasteiger partial charge in [0.2, 0.25) is 17.6 Å². The van der Waals surface area contributed by atoms with E-state index in [0.29, 0.717) is 18.5 Å². The molecule has 0 bridgehead atoms. The molecule has 1 aromatic heterocycles. The van der Waals surface area contributed by atoms with Gasteiger partial charge >= 0.3 is 6.03 Å². The van der Waals surface area contributed by atoms with Crippen molar-refractivity contribution in [3.63, 3.8) is 0 Å². The molecule has 50 heavy (non-hydrogen) atoms. The van der Waals surface area contributed by atoms with Crippen LogP contribution in [0.3, 0.4) is 0 Å². The smallest absolute Gasteiger partial charge is 0.315 e. The molecule has 4 rings (SSSR count). The highest BCUT2D eigenvalue weighted by Crippen LogP contribution is 2.65. The molecular formula is C35H52N6O7S2. The van der Waals surface area contributed by atoms with Gasteiger partial charge in [-0.25, -0.2) is 13.2 Å². The topological polar surface area (TPSA) is 174 Å². The number of rotatable bonds is 16. The molecule has 5 amide bonds. The third-order valence-electron chi connectivity index (χ3n) is 10.2. The molecular weight excluding hydrogens is 681 g/mol. The molecule has 13 nitrogen and oxygen atoms in total. The van der Waals surface area contributed by atoms with Crippen LogP contribution in [0, 0.1) is 28.6 Å². The number of carbonyl (C=O) groups is 5. The molecule has 6 atom stereocenters. The number of piperidine rings is 1. The Morgan fingerprint density at radius 3 is 2.32 bits per heavy atom. The third kappa shape index (κ3) is 8.65. The fraction of sp³-hybridized carbons (Fsp3) is 0.629. The van der Waals surface area contributed by atoms with E-state index < -0.39 is 69.1 Å². The van der Waals surface area contributed by atoms with Gasteiger partial charge in [0.15, 0.2) is 0 Å². The first-order valence-electron chi connectivity index (χ1n) is 17.0. The van der Waals surface area contributed by atoms with Gasteiger partial charge in [-0.15, -0.1) is 17.9 Å². The number of amides is 5. The Morgan fingerprint density at radius 1 is 1.12 bits per heavy atom. The number of hydrogen-bond donors (Lipinski definition) is 4. The molecule has 276 valence electrons. The Morgan fingerprint density at radius 2 is 1.78 bits per heavy atom. The van der Waals surface area contributed by atoms with Crippen molar-refractivity contribution in [3.05, 3.63) is 42.3 Å². The summed E-state index contributed by atoms with van der Waals surface area (Å²) >= 11 is 1.09. The SMILES string of the molecule is C=CCNC(=O)C(=O)C(CC1CC1)NC(=O)[C@@H]1[C@@H]2[C@H](CN1C(=O)[C@@H](NC(=O)N[C@H](CN(C)S(=O)(=O)c1cccs1)C(=C)C)C(C)(C)C)C2(C)C. The lowest BCUT2D eigenvalue weighted by Gasteiger charge is -2.38. The normalized spacial score (nSPS) is 22.8. The molecule has 1 aliphatic heterocycles. The minimum Gasteiger partial charge on any atom is -0.346 e. The van der Waals surface area contributed by atoms with Crippen LogP contribution in [0.15, 0.2) is 46.5 Å². The van der Waals surface area contributed by atoms with Crippen LogP contribution in [-0.4, -0.2) is 98.0 Å². The van der Waals surface area contributed by atoms with Crippen molar-refractivity contribution in [1.29, 1.82) is 0 Å². The number of Topliss-reactive ketones (excluding diaryl/α,β-unsaturated/α-hetero) is 1. The molecule has 1 saturated heterocycles. The predicted molar refractivity (Wildman–Crippen MR) is 191 cm³/mol. The molecule has 1 unspecified atom stereocenters. The van der Waals surface area contributed by atoms with Crippen LogP contribution in [0.25, 0.3) is 0 Å². The van der Waals surface area contributed by atoms with Crippen molar-refractivity contribution in [2.24, 2.45) is 28.6 Å². The molecule has 2 saturated carbocycles. The number of carbonyl (C=O) groups excluding carboxylic acids is 5. The van der Waals surface area contributed by atoms with Gasteiger partial charge in [-0.1, -0.05) is 71.8 Å². The largest absolute Gasteiger partial charge is 0.346 e. The van der Waals surface area contributed by atoms with Crippen molar-refractivity contribution in [1.82, 2.24) is 30.5 Å². The number of fused-ring (bicyclic) bond motifs is 1. The standard InChI is InChI=1S/C35H52N6O7S2/c1-10-15-36-31(44)28(42)23(17-21-13-14-21)37-30(43)27-26-22(35(26,7)8)18-41(27)32(45)29(34(4,5)6)39-33(46)38-24(20(2)3)19-40(9)50(47,48)25-12-11-16-49-25/h10-12,16,21-24,26-27,29H,1-2,13-15,17-19H2,3-9H3,(H,36,44)(H,37,43)(H2,38,39,46)/t22-,23?,24+,26-,27-,29+/m0/s1. The molecule has 1 aromatic rings. The van der Waals surface area contributed by atoms with E-state index in [2.05, 4.69) is 34.4 Å². The van der Waals surface area contributed by atoms with Crippen LogP contribution in [0.2, 0.25) is 0 Å². The van der Waals surface area contributed by atoms with Crippen molar-refractivity contribution >= 4 is 50.9 Å². The van der Waals surface area contributed by atoms with Crippen molar-refractivity contribution < 1.29 is 32.4 Å². The second-order valence-corrected chi connectivity index (χ2v) is 18.7. The summed E-state index contributed by atoms with van der Waals surface area (Å²) < 4.78 is 27.4. The highest BCUT2D eigenvalue weighted by atomic mass is 32.2. The minimum atomic E-state index is -3.79. The van der Waals surface area contributed by atoms with E-state index in [-0.39, 0.29) is 40.5 Å². The molecule has 3 aliphatic rings. The fourth-order valence-corrected chi connectivity index (χ4v) is 9.17. The summed E-state index contributed by atoms with van der Waals surface area (Å²) in [7, 11) is -2.36. The number of likely N-dealkylation sites (N-methyl/N-ethyl adjacent to an activating group) is 1. The lowest BCUT2D eigenvalue weighted by molar-refractivity contribution is -0.145. The molecule has 0 aromatic carbocycles. The van der Waals surface area contributed by atoms with Crippen LogP contribution in [0.4, 0.5) is 4.79 Å². The molecule has 4 N–H and O–H groups in total. The van der Waals surface area contributed by atoms with Crippen LogP contribution in [0.1, 0.15) is 60.8 Å². The highest BCUT2D eigenvalue weighted by Gasteiger charge is 2.70. The lowest BCUT2D eigenvalue weighted by atomic mass is 9.85. The number of urea groups is 1. The van der Waals surface area contributed by atoms with Gasteiger partial charge in [0.25, 0.3) is 15.9 Å². The molecule has 15 heteroatoms. The Balaban J connectivity index is 1.50. The van der Waals surface area contributed by atoms with Crippen LogP contribution >= 0.6 is 11.3 Å². The van der Waals surface area contributed by atoms with Crippen molar-refractivity contribution in [2.45, 2.75) is 89.2 Å². The Labute approximate surface area is 299 Å². The summed E-state index contributed by atoms with van der Waals surface area (Å²) in [5.74, 6) is -2.38. The minimum absolute atomic E-state index is 0.0405. The van der Waals surface area contributed by atoms with Crippen molar-refractivity contribution in [2.75, 3.05) is 26.7 Å². The summed E-state index contributed by atoms with van der Waals surface area (Å²) in [6, 6.07) is -1.30. The summed E-state index contributed by atoms with van der Waals surface area (Å²) in [5, 5.41) is 12.6. The van der Waals surface area contributed by atoms with Gasteiger partial charge < -0.3 is 26.2 Å². The molecule has 0 spiro atoms. The van der Waals surface area contributed by atoms with E-state index in [9.17, 15) is 32.4 Å². The maximum atomic E-state index is 14.4. The van der Waals surface area contributed by atoms with Crippen LogP contribution in [-0.2, 0) is 29.2 Å².